The van der Waals surface area contributed by atoms with E-state index in [1.165, 1.54) is 9.27 Å². The van der Waals surface area contributed by atoms with Crippen molar-refractivity contribution >= 4 is 34.6 Å². The molecule has 1 heterocycles. The predicted molar refractivity (Wildman–Crippen MR) is 72.7 cm³/mol. The van der Waals surface area contributed by atoms with Crippen LogP contribution in [0.1, 0.15) is 0 Å². The molecule has 0 atom stereocenters. The second kappa shape index (κ2) is 5.17. The van der Waals surface area contributed by atoms with Crippen molar-refractivity contribution in [2.75, 3.05) is 9.27 Å². The Bertz CT molecular complexity index is 644. The Balaban J connectivity index is 2.58. The van der Waals surface area contributed by atoms with E-state index in [2.05, 4.69) is 4.98 Å². The summed E-state index contributed by atoms with van der Waals surface area (Å²) < 4.78 is 24.6. The molecule has 0 bridgehead atoms. The van der Waals surface area contributed by atoms with E-state index in [1.54, 1.807) is 12.3 Å². The Labute approximate surface area is 117 Å². The van der Waals surface area contributed by atoms with Crippen molar-refractivity contribution in [1.29, 1.82) is 0 Å². The van der Waals surface area contributed by atoms with Gasteiger partial charge in [0.2, 0.25) is 0 Å². The number of rotatable bonds is 3. The van der Waals surface area contributed by atoms with Gasteiger partial charge in [-0.15, -0.1) is 0 Å². The summed E-state index contributed by atoms with van der Waals surface area (Å²) >= 11 is 1.03. The summed E-state index contributed by atoms with van der Waals surface area (Å²) in [5.74, 6) is 0. The summed E-state index contributed by atoms with van der Waals surface area (Å²) in [6.07, 6.45) is 2.89. The zero-order valence-corrected chi connectivity index (χ0v) is 13.1. The van der Waals surface area contributed by atoms with Gasteiger partial charge in [0.1, 0.15) is 0 Å². The van der Waals surface area contributed by atoms with Crippen LogP contribution in [0.15, 0.2) is 48.7 Å². The normalized spacial score (nSPS) is 11.2. The van der Waals surface area contributed by atoms with Gasteiger partial charge in [0, 0.05) is 0 Å². The number of nitrogens with zero attached hydrogens (tertiary/aromatic N) is 2. The molecule has 0 fully saturated rings. The summed E-state index contributed by atoms with van der Waals surface area (Å²) in [5, 5.41) is 0. The monoisotopic (exact) mass is 316 g/mol. The van der Waals surface area contributed by atoms with Crippen molar-refractivity contribution in [3.8, 4) is 11.3 Å². The molecule has 0 spiro atoms. The molecule has 2 radical (unpaired) electrons. The molecule has 2 aromatic rings. The molecule has 0 saturated heterocycles. The van der Waals surface area contributed by atoms with E-state index in [0.29, 0.717) is 5.69 Å². The fourth-order valence-corrected chi connectivity index (χ4v) is 2.57. The van der Waals surface area contributed by atoms with Crippen LogP contribution in [0.3, 0.4) is 0 Å². The third kappa shape index (κ3) is 2.77. The van der Waals surface area contributed by atoms with Crippen LogP contribution in [-0.2, 0) is 10.0 Å². The molecule has 0 aliphatic rings. The standard InChI is InChI=1S/C12H11N2O2S.Ga/c1-17(15,16)14-12-8-3-2-6-10(12)11-7-4-5-9-13-11;/h2-9H,1H3;/q-1;+1. The zero-order valence-electron chi connectivity index (χ0n) is 9.82. The summed E-state index contributed by atoms with van der Waals surface area (Å²) in [6, 6.07) is 12.9. The summed E-state index contributed by atoms with van der Waals surface area (Å²) in [4.78, 5) is 4.26. The Kier molecular flexibility index (Phi) is 3.79. The van der Waals surface area contributed by atoms with Crippen molar-refractivity contribution in [3.05, 3.63) is 48.7 Å². The van der Waals surface area contributed by atoms with Gasteiger partial charge in [-0.2, -0.15) is 0 Å². The molecule has 0 saturated carbocycles. The van der Waals surface area contributed by atoms with Crippen LogP contribution in [0, 0.1) is 0 Å². The summed E-state index contributed by atoms with van der Waals surface area (Å²) in [5.41, 5.74) is 2.23. The van der Waals surface area contributed by atoms with Crippen LogP contribution in [0.2, 0.25) is 0 Å². The van der Waals surface area contributed by atoms with Crippen molar-refractivity contribution in [3.63, 3.8) is 0 Å². The minimum absolute atomic E-state index is 0.652. The van der Waals surface area contributed by atoms with Gasteiger partial charge >= 0.3 is 117 Å². The number of hydrogen-bond donors (Lipinski definition) is 0. The quantitative estimate of drug-likeness (QED) is 0.808. The topological polar surface area (TPSA) is 50.3 Å². The third-order valence-corrected chi connectivity index (χ3v) is 6.34. The van der Waals surface area contributed by atoms with Gasteiger partial charge in [0.25, 0.3) is 0 Å². The van der Waals surface area contributed by atoms with E-state index in [9.17, 15) is 8.42 Å². The number of hydrogen-bond acceptors (Lipinski definition) is 3. The minimum atomic E-state index is -3.25. The molecule has 0 unspecified atom stereocenters. The van der Waals surface area contributed by atoms with Crippen LogP contribution >= 0.6 is 0 Å². The van der Waals surface area contributed by atoms with Crippen LogP contribution in [0.5, 0.6) is 0 Å². The SMILES string of the molecule is CS(=O)(=O)[N]([Ga])c1ccccc1-c1ccccn1. The number of pyridine rings is 1. The Morgan fingerprint density at radius 3 is 2.39 bits per heavy atom. The molecule has 18 heavy (non-hydrogen) atoms. The van der Waals surface area contributed by atoms with Crippen LogP contribution in [-0.4, -0.2) is 38.5 Å². The van der Waals surface area contributed by atoms with E-state index in [-0.39, 0.29) is 0 Å². The van der Waals surface area contributed by atoms with E-state index in [1.807, 2.05) is 36.4 Å². The molecule has 6 heteroatoms. The van der Waals surface area contributed by atoms with E-state index in [0.717, 1.165) is 30.1 Å². The second-order valence-electron chi connectivity index (χ2n) is 3.79. The molecule has 1 aromatic carbocycles. The average Bonchev–Trinajstić information content (AvgIpc) is 2.38. The first-order valence-electron chi connectivity index (χ1n) is 5.25. The predicted octanol–water partition coefficient (Wildman–Crippen LogP) is 1.60. The number of para-hydroxylation sites is 1. The maximum absolute atomic E-state index is 11.6. The van der Waals surface area contributed by atoms with Gasteiger partial charge in [-0.05, 0) is 0 Å². The first kappa shape index (κ1) is 13.2. The Morgan fingerprint density at radius 1 is 1.11 bits per heavy atom. The van der Waals surface area contributed by atoms with Gasteiger partial charge in [0.05, 0.1) is 0 Å². The van der Waals surface area contributed by atoms with Gasteiger partial charge in [0.15, 0.2) is 0 Å². The van der Waals surface area contributed by atoms with E-state index in [4.69, 9.17) is 0 Å². The molecule has 2 rings (SSSR count). The maximum atomic E-state index is 11.6. The molecular formula is C12H11GaN2O2S. The van der Waals surface area contributed by atoms with Gasteiger partial charge in [-0.3, -0.25) is 0 Å². The van der Waals surface area contributed by atoms with E-state index >= 15 is 0 Å². The Hall–Kier alpha value is -1.24. The zero-order chi connectivity index (χ0) is 13.2. The van der Waals surface area contributed by atoms with Crippen LogP contribution in [0.4, 0.5) is 5.69 Å². The van der Waals surface area contributed by atoms with Crippen LogP contribution in [0.25, 0.3) is 11.3 Å². The van der Waals surface area contributed by atoms with Crippen molar-refractivity contribution < 1.29 is 8.42 Å². The van der Waals surface area contributed by atoms with E-state index < -0.39 is 10.0 Å². The molecule has 4 nitrogen and oxygen atoms in total. The third-order valence-electron chi connectivity index (χ3n) is 2.44. The molecule has 0 N–H and O–H groups in total. The molecule has 90 valence electrons. The molecule has 0 aliphatic carbocycles. The molecular weight excluding hydrogens is 306 g/mol. The summed E-state index contributed by atoms with van der Waals surface area (Å²) in [6.45, 7) is 0. The first-order valence-corrected chi connectivity index (χ1v) is 8.19. The number of benzene rings is 1. The average molecular weight is 317 g/mol. The van der Waals surface area contributed by atoms with Gasteiger partial charge < -0.3 is 0 Å². The molecule has 0 aliphatic heterocycles. The fraction of sp³-hybridized carbons (Fsp3) is 0.0833. The van der Waals surface area contributed by atoms with Crippen molar-refractivity contribution in [2.24, 2.45) is 0 Å². The summed E-state index contributed by atoms with van der Waals surface area (Å²) in [7, 11) is -3.25. The van der Waals surface area contributed by atoms with Crippen LogP contribution < -0.4 is 3.01 Å². The van der Waals surface area contributed by atoms with Gasteiger partial charge in [-0.25, -0.2) is 0 Å². The van der Waals surface area contributed by atoms with Crippen molar-refractivity contribution in [2.45, 2.75) is 0 Å². The molecule has 1 aromatic heterocycles. The second-order valence-corrected chi connectivity index (χ2v) is 7.52. The van der Waals surface area contributed by atoms with Crippen molar-refractivity contribution in [1.82, 2.24) is 4.98 Å². The number of sulfonamides is 1. The molecule has 0 amide bonds. The fourth-order valence-electron chi connectivity index (χ4n) is 1.58. The Morgan fingerprint density at radius 2 is 1.78 bits per heavy atom. The number of aromatic nitrogens is 1. The number of anilines is 1. The first-order chi connectivity index (χ1) is 8.50. The van der Waals surface area contributed by atoms with Gasteiger partial charge in [-0.1, -0.05) is 0 Å².